The molecule has 0 fully saturated rings. The van der Waals surface area contributed by atoms with Crippen molar-refractivity contribution in [2.75, 3.05) is 26.6 Å². The van der Waals surface area contributed by atoms with E-state index in [9.17, 15) is 0 Å². The van der Waals surface area contributed by atoms with Crippen LogP contribution in [0.15, 0.2) is 24.4 Å². The number of hydrogen-bond donors (Lipinski definition) is 2. The molecule has 0 saturated carbocycles. The highest BCUT2D eigenvalue weighted by atomic mass is 16.5. The molecular weight excluding hydrogens is 346 g/mol. The molecule has 2 N–H and O–H groups in total. The fourth-order valence-corrected chi connectivity index (χ4v) is 2.70. The predicted octanol–water partition coefficient (Wildman–Crippen LogP) is 3.18. The van der Waals surface area contributed by atoms with Crippen molar-refractivity contribution in [2.24, 2.45) is 0 Å². The first-order chi connectivity index (χ1) is 13.0. The zero-order valence-electron chi connectivity index (χ0n) is 16.1. The second kappa shape index (κ2) is 7.94. The number of hydrogen-bond acceptors (Lipinski definition) is 7. The Morgan fingerprint density at radius 1 is 1.04 bits per heavy atom. The van der Waals surface area contributed by atoms with Gasteiger partial charge in [0.1, 0.15) is 11.6 Å². The van der Waals surface area contributed by atoms with Crippen molar-refractivity contribution in [3.8, 4) is 17.2 Å². The summed E-state index contributed by atoms with van der Waals surface area (Å²) >= 11 is 0. The highest BCUT2D eigenvalue weighted by molar-refractivity contribution is 5.56. The summed E-state index contributed by atoms with van der Waals surface area (Å²) in [6.07, 6.45) is 2.24. The number of anilines is 2. The summed E-state index contributed by atoms with van der Waals surface area (Å²) in [7, 11) is 4.77. The zero-order valence-corrected chi connectivity index (χ0v) is 16.1. The Kier molecular flexibility index (Phi) is 5.44. The van der Waals surface area contributed by atoms with Gasteiger partial charge < -0.3 is 19.5 Å². The maximum absolute atomic E-state index is 5.41. The largest absolute Gasteiger partial charge is 0.493 e. The lowest BCUT2D eigenvalue weighted by molar-refractivity contribution is 0.324. The van der Waals surface area contributed by atoms with Gasteiger partial charge in [-0.25, -0.2) is 9.97 Å². The summed E-state index contributed by atoms with van der Waals surface area (Å²) < 4.78 is 16.2. The number of aryl methyl sites for hydroxylation is 1. The first kappa shape index (κ1) is 18.5. The van der Waals surface area contributed by atoms with Crippen molar-refractivity contribution in [1.29, 1.82) is 0 Å². The molecule has 0 aliphatic rings. The van der Waals surface area contributed by atoms with Crippen molar-refractivity contribution in [3.05, 3.63) is 47.0 Å². The number of benzene rings is 1. The van der Waals surface area contributed by atoms with E-state index in [1.54, 1.807) is 27.5 Å². The van der Waals surface area contributed by atoms with Crippen LogP contribution in [0.4, 0.5) is 11.6 Å². The third-order valence-electron chi connectivity index (χ3n) is 4.29. The third kappa shape index (κ3) is 3.94. The third-order valence-corrected chi connectivity index (χ3v) is 4.29. The summed E-state index contributed by atoms with van der Waals surface area (Å²) in [5.41, 5.74) is 3.03. The average Bonchev–Trinajstić information content (AvgIpc) is 2.99. The number of nitrogens with one attached hydrogen (secondary N) is 2. The fourth-order valence-electron chi connectivity index (χ4n) is 2.70. The molecule has 0 saturated heterocycles. The summed E-state index contributed by atoms with van der Waals surface area (Å²) in [4.78, 5) is 8.94. The quantitative estimate of drug-likeness (QED) is 0.660. The van der Waals surface area contributed by atoms with E-state index in [2.05, 4.69) is 25.5 Å². The van der Waals surface area contributed by atoms with E-state index >= 15 is 0 Å². The van der Waals surface area contributed by atoms with E-state index in [0.29, 0.717) is 35.3 Å². The molecule has 3 rings (SSSR count). The van der Waals surface area contributed by atoms with Gasteiger partial charge in [0.25, 0.3) is 0 Å². The van der Waals surface area contributed by atoms with Crippen molar-refractivity contribution < 1.29 is 14.2 Å². The highest BCUT2D eigenvalue weighted by Crippen LogP contribution is 2.38. The number of aromatic amines is 1. The van der Waals surface area contributed by atoms with E-state index in [-0.39, 0.29) is 0 Å². The number of ether oxygens (including phenoxy) is 3. The van der Waals surface area contributed by atoms with E-state index in [0.717, 1.165) is 22.6 Å². The van der Waals surface area contributed by atoms with E-state index in [1.165, 1.54) is 0 Å². The van der Waals surface area contributed by atoms with Crippen LogP contribution in [0.3, 0.4) is 0 Å². The van der Waals surface area contributed by atoms with Crippen molar-refractivity contribution >= 4 is 11.6 Å². The number of H-pyrrole nitrogens is 1. The predicted molar refractivity (Wildman–Crippen MR) is 102 cm³/mol. The first-order valence-corrected chi connectivity index (χ1v) is 8.45. The van der Waals surface area contributed by atoms with Gasteiger partial charge in [-0.3, -0.25) is 5.10 Å². The van der Waals surface area contributed by atoms with Crippen LogP contribution in [0.2, 0.25) is 0 Å². The van der Waals surface area contributed by atoms with Crippen molar-refractivity contribution in [2.45, 2.75) is 20.3 Å². The smallest absolute Gasteiger partial charge is 0.203 e. The van der Waals surface area contributed by atoms with Gasteiger partial charge in [-0.15, -0.1) is 0 Å². The molecule has 2 heterocycles. The lowest BCUT2D eigenvalue weighted by Gasteiger charge is -2.14. The second-order valence-electron chi connectivity index (χ2n) is 6.02. The van der Waals surface area contributed by atoms with Gasteiger partial charge in [0.15, 0.2) is 17.3 Å². The fraction of sp³-hybridized carbons (Fsp3) is 0.316. The van der Waals surface area contributed by atoms with Gasteiger partial charge in [0, 0.05) is 23.9 Å². The van der Waals surface area contributed by atoms with Crippen LogP contribution in [-0.2, 0) is 6.42 Å². The minimum Gasteiger partial charge on any atom is -0.493 e. The van der Waals surface area contributed by atoms with Gasteiger partial charge in [0.05, 0.1) is 21.3 Å². The Morgan fingerprint density at radius 2 is 1.74 bits per heavy atom. The summed E-state index contributed by atoms with van der Waals surface area (Å²) in [5, 5.41) is 10.4. The lowest BCUT2D eigenvalue weighted by Crippen LogP contribution is -2.02. The number of methoxy groups -OCH3 is 3. The average molecular weight is 369 g/mol. The second-order valence-corrected chi connectivity index (χ2v) is 6.02. The number of aromatic nitrogens is 4. The Hall–Kier alpha value is -3.29. The van der Waals surface area contributed by atoms with Crippen LogP contribution in [0.5, 0.6) is 17.2 Å². The van der Waals surface area contributed by atoms with E-state index < -0.39 is 0 Å². The standard InChI is InChI=1S/C19H23N5O3/c1-11-12(2)23-24-19(11)22-16-6-7-20-17(21-16)10-13-8-14(25-3)18(27-5)15(9-13)26-4/h6-9H,10H2,1-5H3,(H2,20,21,22,23,24). The van der Waals surface area contributed by atoms with Crippen molar-refractivity contribution in [1.82, 2.24) is 20.2 Å². The minimum absolute atomic E-state index is 0.519. The summed E-state index contributed by atoms with van der Waals surface area (Å²) in [5.74, 6) is 3.86. The Morgan fingerprint density at radius 3 is 2.30 bits per heavy atom. The summed E-state index contributed by atoms with van der Waals surface area (Å²) in [6.45, 7) is 3.97. The Labute approximate surface area is 157 Å². The summed E-state index contributed by atoms with van der Waals surface area (Å²) in [6, 6.07) is 5.60. The van der Waals surface area contributed by atoms with Crippen LogP contribution in [0, 0.1) is 13.8 Å². The Balaban J connectivity index is 1.85. The van der Waals surface area contributed by atoms with Crippen LogP contribution in [0.25, 0.3) is 0 Å². The molecule has 2 aromatic heterocycles. The first-order valence-electron chi connectivity index (χ1n) is 8.45. The molecule has 8 heteroatoms. The molecule has 0 unspecified atom stereocenters. The normalized spacial score (nSPS) is 10.6. The van der Waals surface area contributed by atoms with Crippen LogP contribution >= 0.6 is 0 Å². The van der Waals surface area contributed by atoms with Gasteiger partial charge in [-0.05, 0) is 37.6 Å². The molecule has 0 amide bonds. The molecule has 0 aliphatic carbocycles. The molecule has 1 aromatic carbocycles. The van der Waals surface area contributed by atoms with Crippen LogP contribution in [-0.4, -0.2) is 41.5 Å². The molecule has 0 spiro atoms. The Bertz CT molecular complexity index is 914. The maximum atomic E-state index is 5.41. The molecule has 8 nitrogen and oxygen atoms in total. The van der Waals surface area contributed by atoms with Gasteiger partial charge in [-0.1, -0.05) is 0 Å². The highest BCUT2D eigenvalue weighted by Gasteiger charge is 2.14. The number of rotatable bonds is 7. The van der Waals surface area contributed by atoms with Crippen LogP contribution in [0.1, 0.15) is 22.6 Å². The lowest BCUT2D eigenvalue weighted by atomic mass is 10.1. The maximum Gasteiger partial charge on any atom is 0.203 e. The molecular formula is C19H23N5O3. The molecule has 0 aliphatic heterocycles. The molecule has 27 heavy (non-hydrogen) atoms. The molecule has 3 aromatic rings. The molecule has 0 atom stereocenters. The van der Waals surface area contributed by atoms with Crippen molar-refractivity contribution in [3.63, 3.8) is 0 Å². The number of nitrogens with zero attached hydrogens (tertiary/aromatic N) is 3. The van der Waals surface area contributed by atoms with E-state index in [1.807, 2.05) is 32.0 Å². The van der Waals surface area contributed by atoms with Gasteiger partial charge in [-0.2, -0.15) is 5.10 Å². The van der Waals surface area contributed by atoms with Crippen LogP contribution < -0.4 is 19.5 Å². The topological polar surface area (TPSA) is 94.2 Å². The van der Waals surface area contributed by atoms with E-state index in [4.69, 9.17) is 14.2 Å². The monoisotopic (exact) mass is 369 g/mol. The van der Waals surface area contributed by atoms with Gasteiger partial charge in [0.2, 0.25) is 5.75 Å². The SMILES string of the molecule is COc1cc(Cc2nccc(Nc3n[nH]c(C)c3C)n2)cc(OC)c1OC. The van der Waals surface area contributed by atoms with Gasteiger partial charge >= 0.3 is 0 Å². The zero-order chi connectivity index (χ0) is 19.4. The minimum atomic E-state index is 0.519. The molecule has 0 bridgehead atoms. The molecule has 0 radical (unpaired) electrons. The molecule has 142 valence electrons.